The first-order valence-corrected chi connectivity index (χ1v) is 6.81. The molecule has 0 fully saturated rings. The predicted molar refractivity (Wildman–Crippen MR) is 81.5 cm³/mol. The maximum absolute atomic E-state index is 8.99. The van der Waals surface area contributed by atoms with Gasteiger partial charge in [0.25, 0.3) is 0 Å². The lowest BCUT2D eigenvalue weighted by atomic mass is 10.1. The van der Waals surface area contributed by atoms with E-state index in [1.807, 2.05) is 24.3 Å². The molecule has 2 nitrogen and oxygen atoms in total. The first-order valence-electron chi connectivity index (χ1n) is 6.81. The van der Waals surface area contributed by atoms with Crippen LogP contribution in [-0.2, 0) is 13.0 Å². The summed E-state index contributed by atoms with van der Waals surface area (Å²) in [4.78, 5) is 0. The van der Waals surface area contributed by atoms with E-state index in [9.17, 15) is 0 Å². The Labute approximate surface area is 118 Å². The fourth-order valence-corrected chi connectivity index (χ4v) is 2.62. The number of hydrogen-bond acceptors (Lipinski definition) is 1. The van der Waals surface area contributed by atoms with Gasteiger partial charge in [0, 0.05) is 23.6 Å². The number of nitrogens with zero attached hydrogens (tertiary/aromatic N) is 2. The Bertz CT molecular complexity index is 776. The molecule has 0 amide bonds. The van der Waals surface area contributed by atoms with Crippen molar-refractivity contribution in [3.8, 4) is 6.07 Å². The fraction of sp³-hybridized carbons (Fsp3) is 0.167. The Morgan fingerprint density at radius 3 is 2.65 bits per heavy atom. The molecule has 3 aromatic rings. The van der Waals surface area contributed by atoms with Crippen molar-refractivity contribution in [2.75, 3.05) is 0 Å². The Balaban J connectivity index is 1.91. The highest BCUT2D eigenvalue weighted by Gasteiger charge is 2.06. The molecule has 0 aliphatic carbocycles. The summed E-state index contributed by atoms with van der Waals surface area (Å²) in [6, 6.07) is 18.6. The smallest absolute Gasteiger partial charge is 0.0991 e. The van der Waals surface area contributed by atoms with E-state index in [1.165, 1.54) is 22.0 Å². The van der Waals surface area contributed by atoms with Gasteiger partial charge in [0.15, 0.2) is 0 Å². The molecule has 0 saturated heterocycles. The molecule has 0 spiro atoms. The average molecular weight is 260 g/mol. The quantitative estimate of drug-likeness (QED) is 0.698. The predicted octanol–water partition coefficient (Wildman–Crippen LogP) is 4.06. The van der Waals surface area contributed by atoms with E-state index < -0.39 is 0 Å². The van der Waals surface area contributed by atoms with Gasteiger partial charge in [-0.15, -0.1) is 0 Å². The van der Waals surface area contributed by atoms with Gasteiger partial charge in [-0.2, -0.15) is 5.26 Å². The van der Waals surface area contributed by atoms with Crippen LogP contribution in [0.1, 0.15) is 16.7 Å². The summed E-state index contributed by atoms with van der Waals surface area (Å²) in [5, 5.41) is 10.2. The third kappa shape index (κ3) is 2.31. The minimum atomic E-state index is 0.724. The first kappa shape index (κ1) is 12.5. The molecule has 0 atom stereocenters. The van der Waals surface area contributed by atoms with Crippen LogP contribution in [-0.4, -0.2) is 4.57 Å². The summed E-state index contributed by atoms with van der Waals surface area (Å²) >= 11 is 0. The summed E-state index contributed by atoms with van der Waals surface area (Å²) < 4.78 is 2.28. The van der Waals surface area contributed by atoms with Crippen molar-refractivity contribution in [3.63, 3.8) is 0 Å². The van der Waals surface area contributed by atoms with Crippen molar-refractivity contribution in [1.29, 1.82) is 5.26 Å². The Morgan fingerprint density at radius 1 is 1.10 bits per heavy atom. The van der Waals surface area contributed by atoms with E-state index in [1.54, 1.807) is 0 Å². The number of fused-ring (bicyclic) bond motifs is 1. The topological polar surface area (TPSA) is 28.7 Å². The lowest BCUT2D eigenvalue weighted by molar-refractivity contribution is 0.721. The lowest BCUT2D eigenvalue weighted by Crippen LogP contribution is -1.99. The molecule has 0 unspecified atom stereocenters. The van der Waals surface area contributed by atoms with Gasteiger partial charge < -0.3 is 4.57 Å². The van der Waals surface area contributed by atoms with Crippen molar-refractivity contribution in [2.45, 2.75) is 19.9 Å². The van der Waals surface area contributed by atoms with Gasteiger partial charge in [0.2, 0.25) is 0 Å². The van der Waals surface area contributed by atoms with Crippen LogP contribution >= 0.6 is 0 Å². The minimum Gasteiger partial charge on any atom is -0.347 e. The summed E-state index contributed by atoms with van der Waals surface area (Å²) in [6.45, 7) is 3.06. The van der Waals surface area contributed by atoms with Crippen LogP contribution in [0.4, 0.5) is 0 Å². The van der Waals surface area contributed by atoms with Gasteiger partial charge in [-0.25, -0.2) is 0 Å². The molecule has 98 valence electrons. The highest BCUT2D eigenvalue weighted by Crippen LogP contribution is 2.22. The zero-order chi connectivity index (χ0) is 13.9. The summed E-state index contributed by atoms with van der Waals surface area (Å²) in [5.41, 5.74) is 4.50. The molecule has 0 saturated carbocycles. The molecule has 20 heavy (non-hydrogen) atoms. The van der Waals surface area contributed by atoms with Crippen molar-refractivity contribution < 1.29 is 0 Å². The summed E-state index contributed by atoms with van der Waals surface area (Å²) in [6.07, 6.45) is 3.19. The summed E-state index contributed by atoms with van der Waals surface area (Å²) in [5.74, 6) is 0. The molecule has 2 aromatic carbocycles. The average Bonchev–Trinajstić information content (AvgIpc) is 2.82. The van der Waals surface area contributed by atoms with Gasteiger partial charge in [-0.05, 0) is 42.7 Å². The van der Waals surface area contributed by atoms with E-state index in [0.717, 1.165) is 18.5 Å². The van der Waals surface area contributed by atoms with Crippen LogP contribution in [0.25, 0.3) is 10.9 Å². The van der Waals surface area contributed by atoms with Crippen molar-refractivity contribution >= 4 is 10.9 Å². The molecule has 1 heterocycles. The van der Waals surface area contributed by atoms with Crippen molar-refractivity contribution in [1.82, 2.24) is 4.57 Å². The van der Waals surface area contributed by atoms with Crippen LogP contribution in [0.2, 0.25) is 0 Å². The van der Waals surface area contributed by atoms with Crippen molar-refractivity contribution in [3.05, 3.63) is 71.4 Å². The highest BCUT2D eigenvalue weighted by molar-refractivity contribution is 5.85. The van der Waals surface area contributed by atoms with Gasteiger partial charge in [0.1, 0.15) is 0 Å². The second-order valence-corrected chi connectivity index (χ2v) is 5.08. The molecule has 0 bridgehead atoms. The molecule has 0 aliphatic heterocycles. The first-order chi connectivity index (χ1) is 9.78. The third-order valence-electron chi connectivity index (χ3n) is 3.69. The largest absolute Gasteiger partial charge is 0.347 e. The normalized spacial score (nSPS) is 10.6. The van der Waals surface area contributed by atoms with Crippen LogP contribution in [0.15, 0.2) is 54.7 Å². The zero-order valence-corrected chi connectivity index (χ0v) is 11.5. The SMILES string of the molecule is Cc1cn(CCc2ccccc2)c2ccc(C#N)cc12. The molecular formula is C18H16N2. The number of hydrogen-bond donors (Lipinski definition) is 0. The molecule has 3 rings (SSSR count). The molecule has 0 aliphatic rings. The Morgan fingerprint density at radius 2 is 1.90 bits per heavy atom. The number of nitriles is 1. The van der Waals surface area contributed by atoms with E-state index in [2.05, 4.69) is 48.0 Å². The van der Waals surface area contributed by atoms with Crippen LogP contribution in [0.3, 0.4) is 0 Å². The number of benzene rings is 2. The standard InChI is InChI=1S/C18H16N2/c1-14-13-20(10-9-15-5-3-2-4-6-15)18-8-7-16(12-19)11-17(14)18/h2-8,11,13H,9-10H2,1H3. The van der Waals surface area contributed by atoms with E-state index in [-0.39, 0.29) is 0 Å². The minimum absolute atomic E-state index is 0.724. The molecule has 2 heteroatoms. The van der Waals surface area contributed by atoms with Crippen molar-refractivity contribution in [2.24, 2.45) is 0 Å². The third-order valence-corrected chi connectivity index (χ3v) is 3.69. The van der Waals surface area contributed by atoms with Crippen LogP contribution in [0, 0.1) is 18.3 Å². The van der Waals surface area contributed by atoms with Gasteiger partial charge in [-0.3, -0.25) is 0 Å². The van der Waals surface area contributed by atoms with Crippen LogP contribution < -0.4 is 0 Å². The highest BCUT2D eigenvalue weighted by atomic mass is 15.0. The van der Waals surface area contributed by atoms with Gasteiger partial charge in [-0.1, -0.05) is 30.3 Å². The number of rotatable bonds is 3. The second-order valence-electron chi connectivity index (χ2n) is 5.08. The monoisotopic (exact) mass is 260 g/mol. The molecule has 0 N–H and O–H groups in total. The van der Waals surface area contributed by atoms with Gasteiger partial charge >= 0.3 is 0 Å². The molecule has 1 aromatic heterocycles. The lowest BCUT2D eigenvalue weighted by Gasteiger charge is -2.05. The Kier molecular flexibility index (Phi) is 3.26. The Hall–Kier alpha value is -2.53. The molecule has 0 radical (unpaired) electrons. The molecular weight excluding hydrogens is 244 g/mol. The van der Waals surface area contributed by atoms with E-state index in [0.29, 0.717) is 0 Å². The summed E-state index contributed by atoms with van der Waals surface area (Å²) in [7, 11) is 0. The maximum Gasteiger partial charge on any atom is 0.0991 e. The fourth-order valence-electron chi connectivity index (χ4n) is 2.62. The number of aryl methyl sites for hydroxylation is 3. The van der Waals surface area contributed by atoms with E-state index >= 15 is 0 Å². The number of aromatic nitrogens is 1. The maximum atomic E-state index is 8.99. The zero-order valence-electron chi connectivity index (χ0n) is 11.5. The van der Waals surface area contributed by atoms with E-state index in [4.69, 9.17) is 5.26 Å². The van der Waals surface area contributed by atoms with Crippen LogP contribution in [0.5, 0.6) is 0 Å². The van der Waals surface area contributed by atoms with Gasteiger partial charge in [0.05, 0.1) is 11.6 Å². The second kappa shape index (κ2) is 5.22.